The van der Waals surface area contributed by atoms with E-state index in [1.165, 1.54) is 12.8 Å². The molecule has 0 aromatic heterocycles. The minimum atomic E-state index is -0.135. The molecule has 0 saturated carbocycles. The summed E-state index contributed by atoms with van der Waals surface area (Å²) in [6, 6.07) is 0. The molecular formula is C10H24N2. The van der Waals surface area contributed by atoms with Crippen LogP contribution in [-0.4, -0.2) is 12.7 Å². The van der Waals surface area contributed by atoms with Crippen LogP contribution in [0.2, 0.25) is 0 Å². The maximum atomic E-state index is 6.17. The minimum Gasteiger partial charge on any atom is -0.313 e. The fraction of sp³-hybridized carbons (Fsp3) is 1.00. The molecule has 2 heteroatoms. The van der Waals surface area contributed by atoms with Crippen LogP contribution in [0.15, 0.2) is 0 Å². The van der Waals surface area contributed by atoms with Crippen molar-refractivity contribution >= 4 is 0 Å². The Hall–Kier alpha value is -0.0800. The smallest absolute Gasteiger partial charge is 0.0661 e. The predicted molar refractivity (Wildman–Crippen MR) is 55.0 cm³/mol. The van der Waals surface area contributed by atoms with E-state index in [9.17, 15) is 0 Å². The topological polar surface area (TPSA) is 38.0 Å². The minimum absolute atomic E-state index is 0.135. The highest BCUT2D eigenvalue weighted by molar-refractivity contribution is 4.80. The molecule has 0 aliphatic heterocycles. The first kappa shape index (κ1) is 11.9. The Morgan fingerprint density at radius 2 is 2.00 bits per heavy atom. The van der Waals surface area contributed by atoms with Crippen LogP contribution >= 0.6 is 0 Å². The zero-order valence-corrected chi connectivity index (χ0v) is 8.98. The Morgan fingerprint density at radius 3 is 2.33 bits per heavy atom. The third-order valence-electron chi connectivity index (χ3n) is 2.25. The molecule has 0 radical (unpaired) electrons. The van der Waals surface area contributed by atoms with Gasteiger partial charge < -0.3 is 11.1 Å². The van der Waals surface area contributed by atoms with Gasteiger partial charge in [0.15, 0.2) is 0 Å². The molecule has 1 atom stereocenters. The summed E-state index contributed by atoms with van der Waals surface area (Å²) in [7, 11) is 1.96. The normalized spacial score (nSPS) is 16.5. The first-order valence-electron chi connectivity index (χ1n) is 5.02. The molecule has 74 valence electrons. The van der Waals surface area contributed by atoms with Crippen molar-refractivity contribution in [2.75, 3.05) is 7.05 Å². The van der Waals surface area contributed by atoms with Gasteiger partial charge in [-0.3, -0.25) is 0 Å². The summed E-state index contributed by atoms with van der Waals surface area (Å²) in [4.78, 5) is 0. The van der Waals surface area contributed by atoms with Crippen LogP contribution in [0.1, 0.15) is 46.5 Å². The summed E-state index contributed by atoms with van der Waals surface area (Å²) in [5.41, 5.74) is 6.04. The molecular weight excluding hydrogens is 148 g/mol. The SMILES string of the molecule is CCCCC(N)(CC(C)C)NC. The number of unbranched alkanes of at least 4 members (excludes halogenated alkanes) is 1. The van der Waals surface area contributed by atoms with E-state index in [1.54, 1.807) is 0 Å². The first-order valence-corrected chi connectivity index (χ1v) is 5.02. The molecule has 0 heterocycles. The van der Waals surface area contributed by atoms with Crippen molar-refractivity contribution in [2.45, 2.75) is 52.1 Å². The lowest BCUT2D eigenvalue weighted by molar-refractivity contribution is 0.268. The molecule has 0 amide bonds. The molecule has 2 nitrogen and oxygen atoms in total. The number of hydrogen-bond donors (Lipinski definition) is 2. The second-order valence-corrected chi connectivity index (χ2v) is 4.11. The molecule has 0 aromatic rings. The van der Waals surface area contributed by atoms with Gasteiger partial charge in [-0.1, -0.05) is 33.6 Å². The van der Waals surface area contributed by atoms with Crippen LogP contribution in [0.3, 0.4) is 0 Å². The lowest BCUT2D eigenvalue weighted by Crippen LogP contribution is -2.52. The van der Waals surface area contributed by atoms with Crippen LogP contribution in [-0.2, 0) is 0 Å². The van der Waals surface area contributed by atoms with Gasteiger partial charge in [0.25, 0.3) is 0 Å². The summed E-state index contributed by atoms with van der Waals surface area (Å²) in [6.45, 7) is 6.63. The van der Waals surface area contributed by atoms with Gasteiger partial charge in [0.1, 0.15) is 0 Å². The van der Waals surface area contributed by atoms with Gasteiger partial charge in [-0.05, 0) is 25.8 Å². The van der Waals surface area contributed by atoms with E-state index in [0.29, 0.717) is 5.92 Å². The molecule has 0 saturated heterocycles. The van der Waals surface area contributed by atoms with Crippen LogP contribution in [0.25, 0.3) is 0 Å². The van der Waals surface area contributed by atoms with Crippen molar-refractivity contribution in [3.63, 3.8) is 0 Å². The molecule has 0 aliphatic rings. The van der Waals surface area contributed by atoms with E-state index in [-0.39, 0.29) is 5.66 Å². The molecule has 0 aliphatic carbocycles. The largest absolute Gasteiger partial charge is 0.313 e. The van der Waals surface area contributed by atoms with Crippen molar-refractivity contribution in [3.8, 4) is 0 Å². The van der Waals surface area contributed by atoms with Gasteiger partial charge >= 0.3 is 0 Å². The Labute approximate surface area is 76.9 Å². The third kappa shape index (κ3) is 4.73. The van der Waals surface area contributed by atoms with Crippen molar-refractivity contribution in [2.24, 2.45) is 11.7 Å². The standard InChI is InChI=1S/C10H24N2/c1-5-6-7-10(11,12-4)8-9(2)3/h9,12H,5-8,11H2,1-4H3. The molecule has 3 N–H and O–H groups in total. The van der Waals surface area contributed by atoms with Gasteiger partial charge in [-0.25, -0.2) is 0 Å². The van der Waals surface area contributed by atoms with Crippen molar-refractivity contribution in [1.82, 2.24) is 5.32 Å². The lowest BCUT2D eigenvalue weighted by Gasteiger charge is -2.30. The van der Waals surface area contributed by atoms with Crippen LogP contribution in [0, 0.1) is 5.92 Å². The van der Waals surface area contributed by atoms with Crippen molar-refractivity contribution in [1.29, 1.82) is 0 Å². The molecule has 0 spiro atoms. The van der Waals surface area contributed by atoms with Gasteiger partial charge in [0.05, 0.1) is 5.66 Å². The van der Waals surface area contributed by atoms with E-state index < -0.39 is 0 Å². The molecule has 12 heavy (non-hydrogen) atoms. The van der Waals surface area contributed by atoms with Crippen LogP contribution < -0.4 is 11.1 Å². The number of nitrogens with one attached hydrogen (secondary N) is 1. The Kier molecular flexibility index (Phi) is 5.51. The Morgan fingerprint density at radius 1 is 1.42 bits per heavy atom. The van der Waals surface area contributed by atoms with Gasteiger partial charge in [-0.2, -0.15) is 0 Å². The van der Waals surface area contributed by atoms with Crippen LogP contribution in [0.5, 0.6) is 0 Å². The zero-order valence-electron chi connectivity index (χ0n) is 8.98. The quantitative estimate of drug-likeness (QED) is 0.602. The fourth-order valence-corrected chi connectivity index (χ4v) is 1.55. The van der Waals surface area contributed by atoms with Crippen LogP contribution in [0.4, 0.5) is 0 Å². The highest BCUT2D eigenvalue weighted by Gasteiger charge is 2.22. The second-order valence-electron chi connectivity index (χ2n) is 4.11. The van der Waals surface area contributed by atoms with Gasteiger partial charge in [0.2, 0.25) is 0 Å². The lowest BCUT2D eigenvalue weighted by atomic mass is 9.93. The molecule has 0 bridgehead atoms. The second kappa shape index (κ2) is 5.55. The highest BCUT2D eigenvalue weighted by Crippen LogP contribution is 2.17. The highest BCUT2D eigenvalue weighted by atomic mass is 15.1. The van der Waals surface area contributed by atoms with Gasteiger partial charge in [-0.15, -0.1) is 0 Å². The maximum Gasteiger partial charge on any atom is 0.0661 e. The average Bonchev–Trinajstić information content (AvgIpc) is 2.00. The summed E-state index contributed by atoms with van der Waals surface area (Å²) in [5, 5.41) is 3.22. The fourth-order valence-electron chi connectivity index (χ4n) is 1.55. The van der Waals surface area contributed by atoms with E-state index in [4.69, 9.17) is 5.73 Å². The number of hydrogen-bond acceptors (Lipinski definition) is 2. The first-order chi connectivity index (χ1) is 5.54. The Bertz CT molecular complexity index is 112. The molecule has 1 unspecified atom stereocenters. The van der Waals surface area contributed by atoms with E-state index in [2.05, 4.69) is 26.1 Å². The van der Waals surface area contributed by atoms with Crippen molar-refractivity contribution < 1.29 is 0 Å². The van der Waals surface area contributed by atoms with E-state index in [0.717, 1.165) is 12.8 Å². The molecule has 0 fully saturated rings. The third-order valence-corrected chi connectivity index (χ3v) is 2.25. The van der Waals surface area contributed by atoms with Gasteiger partial charge in [0, 0.05) is 0 Å². The summed E-state index contributed by atoms with van der Waals surface area (Å²) < 4.78 is 0. The van der Waals surface area contributed by atoms with E-state index >= 15 is 0 Å². The maximum absolute atomic E-state index is 6.17. The summed E-state index contributed by atoms with van der Waals surface area (Å²) in [5.74, 6) is 0.666. The molecule has 0 aromatic carbocycles. The van der Waals surface area contributed by atoms with Crippen molar-refractivity contribution in [3.05, 3.63) is 0 Å². The summed E-state index contributed by atoms with van der Waals surface area (Å²) >= 11 is 0. The Balaban J connectivity index is 3.86. The monoisotopic (exact) mass is 172 g/mol. The zero-order chi connectivity index (χ0) is 9.61. The number of rotatable bonds is 6. The number of nitrogens with two attached hydrogens (primary N) is 1. The molecule has 0 rings (SSSR count). The van der Waals surface area contributed by atoms with E-state index in [1.807, 2.05) is 7.05 Å². The predicted octanol–water partition coefficient (Wildman–Crippen LogP) is 2.10. The average molecular weight is 172 g/mol. The summed E-state index contributed by atoms with van der Waals surface area (Å²) in [6.07, 6.45) is 4.57.